The minimum Gasteiger partial charge on any atom is -0.495 e. The molecule has 2 heterocycles. The predicted octanol–water partition coefficient (Wildman–Crippen LogP) is 3.70. The van der Waals surface area contributed by atoms with E-state index in [-0.39, 0.29) is 23.8 Å². The third-order valence-electron chi connectivity index (χ3n) is 6.77. The number of amides is 1. The van der Waals surface area contributed by atoms with Crippen LogP contribution in [0.15, 0.2) is 42.5 Å². The lowest BCUT2D eigenvalue weighted by atomic mass is 10.1. The van der Waals surface area contributed by atoms with Gasteiger partial charge in [-0.1, -0.05) is 18.2 Å². The van der Waals surface area contributed by atoms with Crippen molar-refractivity contribution >= 4 is 11.6 Å². The summed E-state index contributed by atoms with van der Waals surface area (Å²) in [6.45, 7) is 5.82. The van der Waals surface area contributed by atoms with Gasteiger partial charge < -0.3 is 24.0 Å². The number of carbonyl (C=O) groups is 1. The number of fused-ring (bicyclic) bond motifs is 1. The molecule has 1 saturated heterocycles. The Kier molecular flexibility index (Phi) is 5.38. The maximum atomic E-state index is 13.4. The Morgan fingerprint density at radius 3 is 2.68 bits per heavy atom. The van der Waals surface area contributed by atoms with Gasteiger partial charge in [-0.2, -0.15) is 0 Å². The number of rotatable bonds is 4. The van der Waals surface area contributed by atoms with E-state index in [1.54, 1.807) is 7.11 Å². The SMILES string of the molecule is COc1ccccc1N1CC[C@H](C)N(C(=O)[C@H]2C[C@@H]2c2ccc3c(c2)OCCO3)CC1. The molecule has 0 bridgehead atoms. The summed E-state index contributed by atoms with van der Waals surface area (Å²) in [4.78, 5) is 17.8. The van der Waals surface area contributed by atoms with Gasteiger partial charge in [0.1, 0.15) is 19.0 Å². The van der Waals surface area contributed by atoms with Gasteiger partial charge >= 0.3 is 0 Å². The first-order valence-electron chi connectivity index (χ1n) is 11.2. The van der Waals surface area contributed by atoms with Crippen molar-refractivity contribution in [2.45, 2.75) is 31.7 Å². The summed E-state index contributed by atoms with van der Waals surface area (Å²) in [5.41, 5.74) is 2.28. The van der Waals surface area contributed by atoms with Crippen LogP contribution < -0.4 is 19.1 Å². The predicted molar refractivity (Wildman–Crippen MR) is 119 cm³/mol. The van der Waals surface area contributed by atoms with Gasteiger partial charge in [0.2, 0.25) is 5.91 Å². The van der Waals surface area contributed by atoms with Crippen LogP contribution in [0.3, 0.4) is 0 Å². The Bertz CT molecular complexity index is 962. The summed E-state index contributed by atoms with van der Waals surface area (Å²) >= 11 is 0. The monoisotopic (exact) mass is 422 g/mol. The molecule has 6 heteroatoms. The fraction of sp³-hybridized carbons (Fsp3) is 0.480. The molecule has 0 spiro atoms. The van der Waals surface area contributed by atoms with E-state index in [1.807, 2.05) is 24.3 Å². The first-order valence-corrected chi connectivity index (χ1v) is 11.2. The fourth-order valence-corrected chi connectivity index (χ4v) is 4.86. The van der Waals surface area contributed by atoms with Crippen LogP contribution in [0.4, 0.5) is 5.69 Å². The highest BCUT2D eigenvalue weighted by Crippen LogP contribution is 2.50. The number of methoxy groups -OCH3 is 1. The second-order valence-corrected chi connectivity index (χ2v) is 8.68. The van der Waals surface area contributed by atoms with Gasteiger partial charge in [-0.15, -0.1) is 0 Å². The molecule has 1 saturated carbocycles. The highest BCUT2D eigenvalue weighted by Gasteiger charge is 2.47. The Morgan fingerprint density at radius 1 is 1.03 bits per heavy atom. The second kappa shape index (κ2) is 8.33. The maximum absolute atomic E-state index is 13.4. The smallest absolute Gasteiger partial charge is 0.226 e. The molecule has 3 atom stereocenters. The van der Waals surface area contributed by atoms with E-state index >= 15 is 0 Å². The molecule has 2 aromatic rings. The molecule has 1 amide bonds. The third kappa shape index (κ3) is 3.91. The van der Waals surface area contributed by atoms with Gasteiger partial charge in [0.05, 0.1) is 12.8 Å². The molecule has 164 valence electrons. The van der Waals surface area contributed by atoms with Crippen molar-refractivity contribution < 1.29 is 19.0 Å². The quantitative estimate of drug-likeness (QED) is 0.752. The largest absolute Gasteiger partial charge is 0.495 e. The normalized spacial score (nSPS) is 25.0. The molecule has 0 N–H and O–H groups in total. The van der Waals surface area contributed by atoms with E-state index in [0.717, 1.165) is 55.4 Å². The van der Waals surface area contributed by atoms with Gasteiger partial charge in [-0.25, -0.2) is 0 Å². The number of nitrogens with zero attached hydrogens (tertiary/aromatic N) is 2. The highest BCUT2D eigenvalue weighted by molar-refractivity contribution is 5.83. The number of para-hydroxylation sites is 2. The number of benzene rings is 2. The standard InChI is InChI=1S/C25H30N2O4/c1-17-9-10-26(21-5-3-4-6-22(21)29-2)11-12-27(17)25(28)20-16-19(20)18-7-8-23-24(15-18)31-14-13-30-23/h3-8,15,17,19-20H,9-14,16H2,1-2H3/t17-,19+,20-/m0/s1. The Hall–Kier alpha value is -2.89. The molecular weight excluding hydrogens is 392 g/mol. The van der Waals surface area contributed by atoms with Crippen molar-refractivity contribution in [1.82, 2.24) is 4.90 Å². The maximum Gasteiger partial charge on any atom is 0.226 e. The van der Waals surface area contributed by atoms with Crippen LogP contribution in [-0.2, 0) is 4.79 Å². The molecule has 5 rings (SSSR count). The van der Waals surface area contributed by atoms with Crippen molar-refractivity contribution in [3.8, 4) is 17.2 Å². The van der Waals surface area contributed by atoms with E-state index in [4.69, 9.17) is 14.2 Å². The van der Waals surface area contributed by atoms with Crippen molar-refractivity contribution in [2.24, 2.45) is 5.92 Å². The number of hydrogen-bond acceptors (Lipinski definition) is 5. The Morgan fingerprint density at radius 2 is 1.84 bits per heavy atom. The topological polar surface area (TPSA) is 51.2 Å². The first kappa shape index (κ1) is 20.0. The molecule has 3 aliphatic rings. The van der Waals surface area contributed by atoms with Gasteiger partial charge in [0, 0.05) is 31.6 Å². The van der Waals surface area contributed by atoms with E-state index in [9.17, 15) is 4.79 Å². The molecular formula is C25H30N2O4. The van der Waals surface area contributed by atoms with Crippen LogP contribution >= 0.6 is 0 Å². The third-order valence-corrected chi connectivity index (χ3v) is 6.77. The van der Waals surface area contributed by atoms with E-state index in [1.165, 1.54) is 5.56 Å². The van der Waals surface area contributed by atoms with Crippen LogP contribution in [0, 0.1) is 5.92 Å². The Balaban J connectivity index is 1.26. The molecule has 0 aromatic heterocycles. The van der Waals surface area contributed by atoms with Crippen LogP contribution in [0.1, 0.15) is 31.2 Å². The van der Waals surface area contributed by atoms with E-state index in [0.29, 0.717) is 13.2 Å². The summed E-state index contributed by atoms with van der Waals surface area (Å²) in [6.07, 6.45) is 1.86. The van der Waals surface area contributed by atoms with Gasteiger partial charge in [-0.05, 0) is 55.5 Å². The molecule has 6 nitrogen and oxygen atoms in total. The zero-order valence-corrected chi connectivity index (χ0v) is 18.3. The molecule has 31 heavy (non-hydrogen) atoms. The summed E-state index contributed by atoms with van der Waals surface area (Å²) in [7, 11) is 1.71. The molecule has 2 aromatic carbocycles. The lowest BCUT2D eigenvalue weighted by Crippen LogP contribution is -2.41. The fourth-order valence-electron chi connectivity index (χ4n) is 4.86. The molecule has 1 aliphatic carbocycles. The van der Waals surface area contributed by atoms with Gasteiger partial charge in [0.25, 0.3) is 0 Å². The van der Waals surface area contributed by atoms with Crippen LogP contribution in [0.25, 0.3) is 0 Å². The van der Waals surface area contributed by atoms with Crippen molar-refractivity contribution in [1.29, 1.82) is 0 Å². The van der Waals surface area contributed by atoms with Crippen LogP contribution in [0.5, 0.6) is 17.2 Å². The van der Waals surface area contributed by atoms with Crippen molar-refractivity contribution in [3.05, 3.63) is 48.0 Å². The second-order valence-electron chi connectivity index (χ2n) is 8.68. The molecule has 0 unspecified atom stereocenters. The highest BCUT2D eigenvalue weighted by atomic mass is 16.6. The van der Waals surface area contributed by atoms with E-state index < -0.39 is 0 Å². The lowest BCUT2D eigenvalue weighted by molar-refractivity contribution is -0.134. The summed E-state index contributed by atoms with van der Waals surface area (Å²) in [5, 5.41) is 0. The van der Waals surface area contributed by atoms with Crippen LogP contribution in [-0.4, -0.2) is 56.8 Å². The summed E-state index contributed by atoms with van der Waals surface area (Å²) in [5.74, 6) is 3.13. The lowest BCUT2D eigenvalue weighted by Gasteiger charge is -2.27. The molecule has 2 fully saturated rings. The van der Waals surface area contributed by atoms with Crippen LogP contribution in [0.2, 0.25) is 0 Å². The number of ether oxygens (including phenoxy) is 3. The number of hydrogen-bond donors (Lipinski definition) is 0. The summed E-state index contributed by atoms with van der Waals surface area (Å²) < 4.78 is 16.9. The summed E-state index contributed by atoms with van der Waals surface area (Å²) in [6, 6.07) is 14.5. The zero-order chi connectivity index (χ0) is 21.4. The number of anilines is 1. The number of carbonyl (C=O) groups excluding carboxylic acids is 1. The van der Waals surface area contributed by atoms with Crippen molar-refractivity contribution in [2.75, 3.05) is 44.9 Å². The average molecular weight is 423 g/mol. The van der Waals surface area contributed by atoms with Crippen molar-refractivity contribution in [3.63, 3.8) is 0 Å². The average Bonchev–Trinajstić information content (AvgIpc) is 3.63. The minimum absolute atomic E-state index is 0.0721. The van der Waals surface area contributed by atoms with E-state index in [2.05, 4.69) is 34.9 Å². The first-order chi connectivity index (χ1) is 15.2. The molecule has 2 aliphatic heterocycles. The molecule has 0 radical (unpaired) electrons. The van der Waals surface area contributed by atoms with Gasteiger partial charge in [-0.3, -0.25) is 4.79 Å². The minimum atomic E-state index is 0.0721. The zero-order valence-electron chi connectivity index (χ0n) is 18.3. The Labute approximate surface area is 183 Å². The van der Waals surface area contributed by atoms with Gasteiger partial charge in [0.15, 0.2) is 11.5 Å².